The molecule has 1 amide bonds. The van der Waals surface area contributed by atoms with Gasteiger partial charge in [0.15, 0.2) is 0 Å². The molecule has 0 unspecified atom stereocenters. The van der Waals surface area contributed by atoms with E-state index in [0.717, 1.165) is 7.11 Å². The van der Waals surface area contributed by atoms with Crippen LogP contribution in [0.15, 0.2) is 48.8 Å². The van der Waals surface area contributed by atoms with Crippen LogP contribution < -0.4 is 5.73 Å². The molecule has 190 valence electrons. The molecule has 7 N–H and O–H groups in total. The molecule has 2 aromatic heterocycles. The molecule has 0 saturated heterocycles. The van der Waals surface area contributed by atoms with Crippen LogP contribution in [0.1, 0.15) is 38.5 Å². The summed E-state index contributed by atoms with van der Waals surface area (Å²) in [5, 5.41) is 15.2. The van der Waals surface area contributed by atoms with E-state index in [4.69, 9.17) is 25.7 Å². The fraction of sp³-hybridized carbons (Fsp3) is 0.300. The lowest BCUT2D eigenvalue weighted by Crippen LogP contribution is -2.12. The number of pyridine rings is 2. The van der Waals surface area contributed by atoms with Gasteiger partial charge in [0, 0.05) is 19.5 Å². The zero-order valence-corrected chi connectivity index (χ0v) is 16.4. The number of methoxy groups -OCH3 is 2. The number of carbonyl (C=O) groups excluding carboxylic acids is 4. The van der Waals surface area contributed by atoms with Gasteiger partial charge < -0.3 is 31.3 Å². The molecule has 2 rings (SSSR count). The second-order valence-corrected chi connectivity index (χ2v) is 3.65. The van der Waals surface area contributed by atoms with Crippen molar-refractivity contribution in [1.29, 1.82) is 5.26 Å². The minimum Gasteiger partial charge on any atom is -0.438 e. The van der Waals surface area contributed by atoms with Gasteiger partial charge in [-0.3, -0.25) is 9.78 Å². The normalized spacial score (nSPS) is 6.03. The van der Waals surface area contributed by atoms with Crippen molar-refractivity contribution in [2.45, 2.75) is 22.3 Å². The lowest BCUT2D eigenvalue weighted by atomic mass is 10.3. The second-order valence-electron chi connectivity index (χ2n) is 3.65. The van der Waals surface area contributed by atoms with Gasteiger partial charge in [0.1, 0.15) is 17.5 Å². The summed E-state index contributed by atoms with van der Waals surface area (Å²) in [4.78, 5) is 43.8. The highest BCUT2D eigenvalue weighted by molar-refractivity contribution is 5.90. The Morgan fingerprint density at radius 2 is 1.30 bits per heavy atom. The Bertz CT molecular complexity index is 713. The molecule has 33 heavy (non-hydrogen) atoms. The number of aliphatic hydroxyl groups excluding tert-OH is 1. The Labute approximate surface area is 194 Å². The van der Waals surface area contributed by atoms with Gasteiger partial charge in [0.25, 0.3) is 5.91 Å². The van der Waals surface area contributed by atoms with E-state index in [-0.39, 0.29) is 39.4 Å². The molecule has 13 heteroatoms. The summed E-state index contributed by atoms with van der Waals surface area (Å²) in [5.41, 5.74) is 5.68. The highest BCUT2D eigenvalue weighted by Crippen LogP contribution is 1.89. The maximum Gasteiger partial charge on any atom is 0.507 e. The molecule has 13 nitrogen and oxygen atoms in total. The number of ether oxygens (including phenoxy) is 2. The molecule has 2 heterocycles. The molecule has 0 aliphatic rings. The quantitative estimate of drug-likeness (QED) is 0.548. The van der Waals surface area contributed by atoms with Crippen molar-refractivity contribution < 1.29 is 44.7 Å². The molecule has 0 aliphatic carbocycles. The minimum absolute atomic E-state index is 0. The van der Waals surface area contributed by atoms with Gasteiger partial charge in [0.05, 0.1) is 14.2 Å². The number of hydrogen-bond acceptors (Lipinski definition) is 10. The average molecular weight is 477 g/mol. The third-order valence-corrected chi connectivity index (χ3v) is 2.03. The molecule has 0 spiro atoms. The van der Waals surface area contributed by atoms with Crippen molar-refractivity contribution in [3.8, 4) is 6.07 Å². The van der Waals surface area contributed by atoms with Crippen molar-refractivity contribution in [2.24, 2.45) is 5.73 Å². The highest BCUT2D eigenvalue weighted by Gasteiger charge is 1.96. The summed E-state index contributed by atoms with van der Waals surface area (Å²) in [5.74, 6) is -0.490. The number of nitrogens with zero attached hydrogens (tertiary/aromatic N) is 3. The zero-order valence-electron chi connectivity index (χ0n) is 16.4. The second kappa shape index (κ2) is 42.0. The van der Waals surface area contributed by atoms with E-state index in [1.54, 1.807) is 42.6 Å². The molecule has 0 aromatic carbocycles. The number of carbonyl (C=O) groups is 2. The summed E-state index contributed by atoms with van der Waals surface area (Å²) in [6.07, 6.45) is 2.72. The Morgan fingerprint density at radius 1 is 0.909 bits per heavy atom. The zero-order chi connectivity index (χ0) is 22.2. The molecule has 0 bridgehead atoms. The Hall–Kier alpha value is -4.21. The first-order valence-electron chi connectivity index (χ1n) is 7.04. The van der Waals surface area contributed by atoms with Gasteiger partial charge in [-0.1, -0.05) is 34.4 Å². The van der Waals surface area contributed by atoms with E-state index in [9.17, 15) is 9.59 Å². The van der Waals surface area contributed by atoms with Crippen molar-refractivity contribution in [2.75, 3.05) is 21.3 Å². The number of rotatable bonds is 1. The average Bonchev–Trinajstić information content (AvgIpc) is 2.77. The Kier molecular flexibility index (Phi) is 65.5. The molecule has 0 saturated carbocycles. The van der Waals surface area contributed by atoms with Gasteiger partial charge >= 0.3 is 12.3 Å². The molecular weight excluding hydrogens is 440 g/mol. The predicted octanol–water partition coefficient (Wildman–Crippen LogP) is 0.817. The van der Waals surface area contributed by atoms with E-state index in [2.05, 4.69) is 19.4 Å². The number of hydrogen-bond donors (Lipinski definition) is 2. The number of nitrogens with two attached hydrogens (primary N) is 1. The number of amides is 1. The standard InChI is InChI=1S/C6H6N2O.C6H4N2.C3H6O3.CO2.CH4O.3CH4.2H2O/c7-6(9)5-3-1-2-4-8-5;7-5-6-3-1-2-4-8-6;1-5-3(4)6-2;2-1-3;1-2;;;;;/h1-4H,(H2,7,9);1-4H;1-2H3;;2H,1H3;3*1H4;2*1H2. The van der Waals surface area contributed by atoms with Crippen LogP contribution in [0.5, 0.6) is 0 Å². The topological polar surface area (TPSA) is 246 Å². The molecule has 0 fully saturated rings. The Balaban J connectivity index is -0.0000000408. The monoisotopic (exact) mass is 476 g/mol. The number of aromatic nitrogens is 2. The molecule has 0 radical (unpaired) electrons. The van der Waals surface area contributed by atoms with E-state index < -0.39 is 12.1 Å². The minimum atomic E-state index is -0.657. The van der Waals surface area contributed by atoms with Gasteiger partial charge in [0.2, 0.25) is 0 Å². The van der Waals surface area contributed by atoms with Gasteiger partial charge in [-0.2, -0.15) is 14.9 Å². The lowest BCUT2D eigenvalue weighted by Gasteiger charge is -1.89. The Morgan fingerprint density at radius 3 is 1.45 bits per heavy atom. The van der Waals surface area contributed by atoms with Crippen LogP contribution in [0.3, 0.4) is 0 Å². The van der Waals surface area contributed by atoms with Crippen LogP contribution in [-0.4, -0.2) is 65.6 Å². The highest BCUT2D eigenvalue weighted by atomic mass is 16.7. The van der Waals surface area contributed by atoms with Crippen molar-refractivity contribution in [1.82, 2.24) is 9.97 Å². The van der Waals surface area contributed by atoms with Crippen LogP contribution in [0.25, 0.3) is 0 Å². The molecular formula is C20H36N4O9. The molecule has 2 aromatic rings. The molecule has 0 atom stereocenters. The largest absolute Gasteiger partial charge is 0.507 e. The van der Waals surface area contributed by atoms with Crippen molar-refractivity contribution >= 4 is 18.2 Å². The summed E-state index contributed by atoms with van der Waals surface area (Å²) >= 11 is 0. The van der Waals surface area contributed by atoms with Crippen LogP contribution in [-0.2, 0) is 19.1 Å². The predicted molar refractivity (Wildman–Crippen MR) is 122 cm³/mol. The van der Waals surface area contributed by atoms with Crippen LogP contribution in [0, 0.1) is 11.3 Å². The first-order chi connectivity index (χ1) is 13.5. The first-order valence-corrected chi connectivity index (χ1v) is 7.04. The smallest absolute Gasteiger partial charge is 0.438 e. The lowest BCUT2D eigenvalue weighted by molar-refractivity contribution is -0.191. The number of aliphatic hydroxyl groups is 1. The van der Waals surface area contributed by atoms with Gasteiger partial charge in [-0.05, 0) is 24.3 Å². The van der Waals surface area contributed by atoms with Crippen molar-refractivity contribution in [3.63, 3.8) is 0 Å². The summed E-state index contributed by atoms with van der Waals surface area (Å²) < 4.78 is 8.08. The number of primary amides is 1. The molecule has 0 aliphatic heterocycles. The maximum atomic E-state index is 10.4. The maximum absolute atomic E-state index is 10.4. The van der Waals surface area contributed by atoms with E-state index in [1.807, 2.05) is 6.07 Å². The first kappa shape index (κ1) is 51.4. The third-order valence-electron chi connectivity index (χ3n) is 2.03. The van der Waals surface area contributed by atoms with Crippen LogP contribution in [0.2, 0.25) is 0 Å². The fourth-order valence-electron chi connectivity index (χ4n) is 1.02. The fourth-order valence-corrected chi connectivity index (χ4v) is 1.02. The van der Waals surface area contributed by atoms with E-state index >= 15 is 0 Å². The summed E-state index contributed by atoms with van der Waals surface area (Å²) in [6.45, 7) is 0. The van der Waals surface area contributed by atoms with Gasteiger partial charge in [-0.15, -0.1) is 0 Å². The SMILES string of the molecule is C.C.C.CO.COC(=O)OC.N#Cc1ccccn1.NC(=O)c1ccccn1.O.O.O=C=O. The van der Waals surface area contributed by atoms with E-state index in [0.29, 0.717) is 11.4 Å². The number of nitriles is 1. The van der Waals surface area contributed by atoms with Gasteiger partial charge in [-0.25, -0.2) is 9.78 Å². The third kappa shape index (κ3) is 38.9. The van der Waals surface area contributed by atoms with E-state index in [1.165, 1.54) is 20.4 Å². The van der Waals surface area contributed by atoms with Crippen LogP contribution >= 0.6 is 0 Å². The summed E-state index contributed by atoms with van der Waals surface area (Å²) in [7, 11) is 3.51. The summed E-state index contributed by atoms with van der Waals surface area (Å²) in [6, 6.07) is 12.2. The van der Waals surface area contributed by atoms with Crippen molar-refractivity contribution in [3.05, 3.63) is 60.2 Å². The van der Waals surface area contributed by atoms with Crippen LogP contribution in [0.4, 0.5) is 4.79 Å².